The van der Waals surface area contributed by atoms with Gasteiger partial charge in [0.2, 0.25) is 11.8 Å². The molecule has 4 atom stereocenters. The summed E-state index contributed by atoms with van der Waals surface area (Å²) in [6.45, 7) is 10.7. The van der Waals surface area contributed by atoms with Gasteiger partial charge in [0.1, 0.15) is 0 Å². The zero-order valence-electron chi connectivity index (χ0n) is 19.8. The molecule has 3 aromatic carbocycles. The van der Waals surface area contributed by atoms with Gasteiger partial charge in [-0.15, -0.1) is 0 Å². The Hall–Kier alpha value is -3.20. The van der Waals surface area contributed by atoms with E-state index in [9.17, 15) is 9.59 Å². The molecule has 3 nitrogen and oxygen atoms in total. The second kappa shape index (κ2) is 6.66. The van der Waals surface area contributed by atoms with E-state index in [4.69, 9.17) is 0 Å². The number of anilines is 1. The third-order valence-electron chi connectivity index (χ3n) is 8.00. The van der Waals surface area contributed by atoms with E-state index in [1.54, 1.807) is 0 Å². The van der Waals surface area contributed by atoms with Crippen LogP contribution in [0.4, 0.5) is 5.69 Å². The molecule has 0 N–H and O–H groups in total. The summed E-state index contributed by atoms with van der Waals surface area (Å²) in [5, 5.41) is 0. The molecule has 2 amide bonds. The third kappa shape index (κ3) is 2.68. The number of carbonyl (C=O) groups excluding carboxylic acids is 2. The van der Waals surface area contributed by atoms with E-state index in [-0.39, 0.29) is 40.9 Å². The van der Waals surface area contributed by atoms with E-state index >= 15 is 0 Å². The molecule has 4 aliphatic rings. The summed E-state index contributed by atoms with van der Waals surface area (Å²) in [5.74, 6) is -0.944. The largest absolute Gasteiger partial charge is 0.274 e. The molecule has 0 radical (unpaired) electrons. The molecule has 33 heavy (non-hydrogen) atoms. The second-order valence-electron chi connectivity index (χ2n) is 11.0. The average Bonchev–Trinajstić information content (AvgIpc) is 3.04. The molecule has 3 heteroatoms. The van der Waals surface area contributed by atoms with Crippen LogP contribution in [-0.2, 0) is 15.0 Å². The second-order valence-corrected chi connectivity index (χ2v) is 11.0. The molecular weight excluding hydrogens is 406 g/mol. The van der Waals surface area contributed by atoms with Crippen LogP contribution in [-0.4, -0.2) is 11.8 Å². The van der Waals surface area contributed by atoms with E-state index in [1.807, 2.05) is 32.0 Å². The molecule has 3 aliphatic carbocycles. The molecule has 166 valence electrons. The van der Waals surface area contributed by atoms with Gasteiger partial charge in [-0.05, 0) is 58.7 Å². The fourth-order valence-corrected chi connectivity index (χ4v) is 6.49. The zero-order valence-corrected chi connectivity index (χ0v) is 19.8. The minimum atomic E-state index is -0.346. The molecule has 7 rings (SSSR count). The van der Waals surface area contributed by atoms with Gasteiger partial charge >= 0.3 is 0 Å². The molecule has 1 saturated heterocycles. The summed E-state index contributed by atoms with van der Waals surface area (Å²) in [5.41, 5.74) is 8.99. The molecule has 0 spiro atoms. The number of imide groups is 1. The Bertz CT molecular complexity index is 1350. The maximum atomic E-state index is 14.0. The van der Waals surface area contributed by atoms with E-state index in [0.29, 0.717) is 0 Å². The molecular formula is C30H29NO2. The first-order chi connectivity index (χ1) is 15.7. The SMILES string of the molecule is Cc1ccc(N2C(=O)[C@@H]3[C@@H]4c5ccccc5[C@H](c5cc(C(C)(C)C)ccc54)[C@H]3C2=O)c(C)c1. The van der Waals surface area contributed by atoms with Crippen molar-refractivity contribution in [3.05, 3.63) is 99.6 Å². The van der Waals surface area contributed by atoms with Crippen molar-refractivity contribution in [1.82, 2.24) is 0 Å². The minimum absolute atomic E-state index is 0.0190. The Morgan fingerprint density at radius 2 is 1.27 bits per heavy atom. The van der Waals surface area contributed by atoms with Crippen LogP contribution in [0.2, 0.25) is 0 Å². The van der Waals surface area contributed by atoms with E-state index in [1.165, 1.54) is 32.7 Å². The van der Waals surface area contributed by atoms with Crippen LogP contribution in [0, 0.1) is 25.7 Å². The lowest BCUT2D eigenvalue weighted by atomic mass is 9.54. The molecule has 3 aromatic rings. The number of hydrogen-bond donors (Lipinski definition) is 0. The van der Waals surface area contributed by atoms with Gasteiger partial charge in [0.05, 0.1) is 17.5 Å². The van der Waals surface area contributed by atoms with Gasteiger partial charge in [-0.3, -0.25) is 9.59 Å². The average molecular weight is 436 g/mol. The summed E-state index contributed by atoms with van der Waals surface area (Å²) in [4.78, 5) is 29.4. The van der Waals surface area contributed by atoms with Crippen LogP contribution in [0.3, 0.4) is 0 Å². The highest BCUT2D eigenvalue weighted by molar-refractivity contribution is 6.23. The van der Waals surface area contributed by atoms with Crippen molar-refractivity contribution in [2.45, 2.75) is 51.9 Å². The topological polar surface area (TPSA) is 37.4 Å². The first-order valence-corrected chi connectivity index (χ1v) is 11.9. The fraction of sp³-hybridized carbons (Fsp3) is 0.333. The minimum Gasteiger partial charge on any atom is -0.274 e. The summed E-state index contributed by atoms with van der Waals surface area (Å²) in [6, 6.07) is 21.1. The summed E-state index contributed by atoms with van der Waals surface area (Å²) in [7, 11) is 0. The first kappa shape index (κ1) is 20.4. The van der Waals surface area contributed by atoms with Crippen molar-refractivity contribution in [3.63, 3.8) is 0 Å². The van der Waals surface area contributed by atoms with Crippen molar-refractivity contribution in [2.75, 3.05) is 4.90 Å². The number of rotatable bonds is 1. The number of hydrogen-bond acceptors (Lipinski definition) is 2. The molecule has 0 saturated carbocycles. The van der Waals surface area contributed by atoms with Gasteiger partial charge in [0.15, 0.2) is 0 Å². The number of benzene rings is 3. The lowest BCUT2D eigenvalue weighted by molar-refractivity contribution is -0.122. The zero-order chi connectivity index (χ0) is 23.2. The van der Waals surface area contributed by atoms with Gasteiger partial charge in [-0.25, -0.2) is 4.90 Å². The predicted octanol–water partition coefficient (Wildman–Crippen LogP) is 6.00. The van der Waals surface area contributed by atoms with Gasteiger partial charge < -0.3 is 0 Å². The molecule has 0 aromatic heterocycles. The van der Waals surface area contributed by atoms with Crippen LogP contribution in [0.1, 0.15) is 71.6 Å². The highest BCUT2D eigenvalue weighted by Gasteiger charge is 2.62. The third-order valence-corrected chi connectivity index (χ3v) is 8.00. The maximum Gasteiger partial charge on any atom is 0.238 e. The monoisotopic (exact) mass is 435 g/mol. The highest BCUT2D eigenvalue weighted by atomic mass is 16.2. The number of amides is 2. The van der Waals surface area contributed by atoms with Gasteiger partial charge in [0.25, 0.3) is 0 Å². The molecule has 1 heterocycles. The van der Waals surface area contributed by atoms with Crippen LogP contribution < -0.4 is 4.90 Å². The van der Waals surface area contributed by atoms with Crippen molar-refractivity contribution in [1.29, 1.82) is 0 Å². The molecule has 2 bridgehead atoms. The fourth-order valence-electron chi connectivity index (χ4n) is 6.49. The van der Waals surface area contributed by atoms with Crippen LogP contribution >= 0.6 is 0 Å². The van der Waals surface area contributed by atoms with E-state index in [2.05, 4.69) is 63.2 Å². The summed E-state index contributed by atoms with van der Waals surface area (Å²) >= 11 is 0. The Balaban J connectivity index is 1.56. The van der Waals surface area contributed by atoms with E-state index < -0.39 is 0 Å². The lowest BCUT2D eigenvalue weighted by Crippen LogP contribution is -2.41. The lowest BCUT2D eigenvalue weighted by Gasteiger charge is -2.46. The predicted molar refractivity (Wildman–Crippen MR) is 131 cm³/mol. The number of nitrogens with zero attached hydrogens (tertiary/aromatic N) is 1. The van der Waals surface area contributed by atoms with Crippen LogP contribution in [0.15, 0.2) is 60.7 Å². The van der Waals surface area contributed by atoms with E-state index in [0.717, 1.165) is 16.8 Å². The Morgan fingerprint density at radius 3 is 1.85 bits per heavy atom. The Morgan fingerprint density at radius 1 is 0.697 bits per heavy atom. The Labute approximate surface area is 195 Å². The van der Waals surface area contributed by atoms with Crippen molar-refractivity contribution < 1.29 is 9.59 Å². The summed E-state index contributed by atoms with van der Waals surface area (Å²) in [6.07, 6.45) is 0. The Kier molecular flexibility index (Phi) is 4.12. The molecule has 0 unspecified atom stereocenters. The number of aryl methyl sites for hydroxylation is 2. The number of carbonyl (C=O) groups is 2. The highest BCUT2D eigenvalue weighted by Crippen LogP contribution is 2.61. The maximum absolute atomic E-state index is 14.0. The summed E-state index contributed by atoms with van der Waals surface area (Å²) < 4.78 is 0. The first-order valence-electron chi connectivity index (χ1n) is 11.9. The van der Waals surface area contributed by atoms with Gasteiger partial charge in [0, 0.05) is 11.8 Å². The molecule has 1 fully saturated rings. The van der Waals surface area contributed by atoms with Gasteiger partial charge in [-0.2, -0.15) is 0 Å². The van der Waals surface area contributed by atoms with Crippen molar-refractivity contribution in [2.24, 2.45) is 11.8 Å². The normalized spacial score (nSPS) is 25.2. The standard InChI is InChI=1S/C30H29NO2/c1-16-10-13-23(17(2)14-16)31-28(32)26-24-19-8-6-7-9-20(19)25(27(26)29(31)33)22-15-18(30(3,4)5)11-12-21(22)24/h6-15,24-27H,1-5H3/t24-,25-,26-,27-/m1/s1. The smallest absolute Gasteiger partial charge is 0.238 e. The van der Waals surface area contributed by atoms with Gasteiger partial charge in [-0.1, -0.05) is 80.9 Å². The van der Waals surface area contributed by atoms with Crippen molar-refractivity contribution >= 4 is 17.5 Å². The van der Waals surface area contributed by atoms with Crippen molar-refractivity contribution in [3.8, 4) is 0 Å². The quantitative estimate of drug-likeness (QED) is 0.440. The van der Waals surface area contributed by atoms with Crippen LogP contribution in [0.25, 0.3) is 0 Å². The van der Waals surface area contributed by atoms with Crippen LogP contribution in [0.5, 0.6) is 0 Å². The molecule has 1 aliphatic heterocycles.